The van der Waals surface area contributed by atoms with E-state index in [1.165, 1.54) is 24.3 Å². The Hall–Kier alpha value is -3.71. The van der Waals surface area contributed by atoms with Crippen molar-refractivity contribution < 1.29 is 19.0 Å². The van der Waals surface area contributed by atoms with Gasteiger partial charge in [-0.05, 0) is 48.0 Å². The fourth-order valence-electron chi connectivity index (χ4n) is 4.10. The Morgan fingerprint density at radius 1 is 1.06 bits per heavy atom. The normalized spacial score (nSPS) is 17.5. The molecule has 0 unspecified atom stereocenters. The molecule has 0 radical (unpaired) electrons. The zero-order valence-corrected chi connectivity index (χ0v) is 17.4. The van der Waals surface area contributed by atoms with Crippen LogP contribution in [0.2, 0.25) is 0 Å². The number of pyridine rings is 1. The van der Waals surface area contributed by atoms with Gasteiger partial charge in [0.05, 0.1) is 11.1 Å². The standard InChI is InChI=1S/C25H22FN3O3/c26-18-5-3-4-17(14-18)15-22-24(31)19-7-8-21(30)20(25(19)32-22)16-28-10-12-29(13-11-28)23-6-1-2-9-27-23/h1-9,14-15,30H,10-13,16H2/b22-15-. The zero-order chi connectivity index (χ0) is 22.1. The number of carbonyl (C=O) groups is 1. The number of halogens is 1. The first-order chi connectivity index (χ1) is 15.6. The minimum Gasteiger partial charge on any atom is -0.507 e. The van der Waals surface area contributed by atoms with Crippen LogP contribution in [-0.4, -0.2) is 47.0 Å². The number of aromatic nitrogens is 1. The van der Waals surface area contributed by atoms with Crippen LogP contribution in [0.25, 0.3) is 6.08 Å². The van der Waals surface area contributed by atoms with E-state index in [1.807, 2.05) is 18.2 Å². The lowest BCUT2D eigenvalue weighted by Gasteiger charge is -2.35. The highest BCUT2D eigenvalue weighted by Crippen LogP contribution is 2.40. The van der Waals surface area contributed by atoms with Gasteiger partial charge >= 0.3 is 0 Å². The van der Waals surface area contributed by atoms with Gasteiger partial charge in [-0.3, -0.25) is 9.69 Å². The predicted molar refractivity (Wildman–Crippen MR) is 119 cm³/mol. The molecule has 0 bridgehead atoms. The van der Waals surface area contributed by atoms with E-state index >= 15 is 0 Å². The lowest BCUT2D eigenvalue weighted by atomic mass is 10.0. The number of ketones is 1. The van der Waals surface area contributed by atoms with Crippen LogP contribution in [0.5, 0.6) is 11.5 Å². The molecule has 0 aliphatic carbocycles. The van der Waals surface area contributed by atoms with E-state index < -0.39 is 0 Å². The maximum Gasteiger partial charge on any atom is 0.231 e. The van der Waals surface area contributed by atoms with Crippen molar-refractivity contribution in [1.29, 1.82) is 0 Å². The van der Waals surface area contributed by atoms with Gasteiger partial charge < -0.3 is 14.7 Å². The summed E-state index contributed by atoms with van der Waals surface area (Å²) in [4.78, 5) is 21.7. The largest absolute Gasteiger partial charge is 0.507 e. The number of piperazine rings is 1. The Labute approximate surface area is 185 Å². The monoisotopic (exact) mass is 431 g/mol. The Balaban J connectivity index is 1.34. The molecule has 1 fully saturated rings. The summed E-state index contributed by atoms with van der Waals surface area (Å²) in [5.41, 5.74) is 1.54. The molecule has 6 nitrogen and oxygen atoms in total. The number of carbonyl (C=O) groups excluding carboxylic acids is 1. The average Bonchev–Trinajstić information content (AvgIpc) is 3.12. The first kappa shape index (κ1) is 20.2. The minimum absolute atomic E-state index is 0.0933. The SMILES string of the molecule is O=C1/C(=C/c2cccc(F)c2)Oc2c1ccc(O)c2CN1CCN(c2ccccn2)CC1. The van der Waals surface area contributed by atoms with Gasteiger partial charge in [-0.25, -0.2) is 9.37 Å². The molecule has 7 heteroatoms. The lowest BCUT2D eigenvalue weighted by Crippen LogP contribution is -2.46. The third kappa shape index (κ3) is 3.94. The molecule has 0 amide bonds. The van der Waals surface area contributed by atoms with Crippen molar-refractivity contribution in [3.8, 4) is 11.5 Å². The molecule has 0 atom stereocenters. The predicted octanol–water partition coefficient (Wildman–Crippen LogP) is 3.86. The van der Waals surface area contributed by atoms with E-state index in [9.17, 15) is 14.3 Å². The number of Topliss-reactive ketones (excluding diaryl/α,β-unsaturated/α-hetero) is 1. The maximum absolute atomic E-state index is 13.5. The molecule has 2 aliphatic heterocycles. The number of anilines is 1. The van der Waals surface area contributed by atoms with Gasteiger partial charge in [-0.2, -0.15) is 0 Å². The van der Waals surface area contributed by atoms with Crippen molar-refractivity contribution >= 4 is 17.7 Å². The summed E-state index contributed by atoms with van der Waals surface area (Å²) in [6.07, 6.45) is 3.31. The Bertz CT molecular complexity index is 1190. The van der Waals surface area contributed by atoms with Crippen LogP contribution in [0.1, 0.15) is 21.5 Å². The second kappa shape index (κ2) is 8.43. The van der Waals surface area contributed by atoms with E-state index in [-0.39, 0.29) is 23.1 Å². The van der Waals surface area contributed by atoms with Crippen molar-refractivity contribution in [3.63, 3.8) is 0 Å². The molecular weight excluding hydrogens is 409 g/mol. The molecular formula is C25H22FN3O3. The first-order valence-corrected chi connectivity index (χ1v) is 10.5. The number of hydrogen-bond donors (Lipinski definition) is 1. The number of hydrogen-bond acceptors (Lipinski definition) is 6. The molecule has 3 heterocycles. The maximum atomic E-state index is 13.5. The number of aromatic hydroxyl groups is 1. The molecule has 1 aromatic heterocycles. The summed E-state index contributed by atoms with van der Waals surface area (Å²) < 4.78 is 19.4. The Morgan fingerprint density at radius 3 is 2.66 bits per heavy atom. The number of rotatable bonds is 4. The van der Waals surface area contributed by atoms with Gasteiger partial charge in [-0.1, -0.05) is 18.2 Å². The molecule has 3 aromatic rings. The van der Waals surface area contributed by atoms with Gasteiger partial charge in [0.2, 0.25) is 5.78 Å². The second-order valence-electron chi connectivity index (χ2n) is 7.89. The van der Waals surface area contributed by atoms with Gasteiger partial charge in [0, 0.05) is 38.9 Å². The highest BCUT2D eigenvalue weighted by molar-refractivity contribution is 6.15. The van der Waals surface area contributed by atoms with Crippen LogP contribution in [-0.2, 0) is 6.54 Å². The molecule has 0 spiro atoms. The summed E-state index contributed by atoms with van der Waals surface area (Å²) in [7, 11) is 0. The number of benzene rings is 2. The average molecular weight is 431 g/mol. The van der Waals surface area contributed by atoms with E-state index in [1.54, 1.807) is 24.4 Å². The minimum atomic E-state index is -0.384. The van der Waals surface area contributed by atoms with Gasteiger partial charge in [0.25, 0.3) is 0 Å². The number of fused-ring (bicyclic) bond motifs is 1. The smallest absolute Gasteiger partial charge is 0.231 e. The molecule has 2 aromatic carbocycles. The Morgan fingerprint density at radius 2 is 1.91 bits per heavy atom. The summed E-state index contributed by atoms with van der Waals surface area (Å²) in [5, 5.41) is 10.5. The van der Waals surface area contributed by atoms with Crippen LogP contribution in [0, 0.1) is 5.82 Å². The highest BCUT2D eigenvalue weighted by atomic mass is 19.1. The third-order valence-electron chi connectivity index (χ3n) is 5.79. The number of ether oxygens (including phenoxy) is 1. The van der Waals surface area contributed by atoms with Crippen molar-refractivity contribution in [1.82, 2.24) is 9.88 Å². The molecule has 1 N–H and O–H groups in total. The summed E-state index contributed by atoms with van der Waals surface area (Å²) in [5.74, 6) is 0.894. The van der Waals surface area contributed by atoms with Crippen molar-refractivity contribution in [3.05, 3.63) is 89.1 Å². The molecule has 1 saturated heterocycles. The molecule has 5 rings (SSSR count). The van der Waals surface area contributed by atoms with E-state index in [2.05, 4.69) is 14.8 Å². The van der Waals surface area contributed by atoms with Gasteiger partial charge in [0.1, 0.15) is 23.1 Å². The Kier molecular flexibility index (Phi) is 5.33. The van der Waals surface area contributed by atoms with Crippen LogP contribution < -0.4 is 9.64 Å². The summed E-state index contributed by atoms with van der Waals surface area (Å²) in [6.45, 7) is 3.68. The van der Waals surface area contributed by atoms with Gasteiger partial charge in [0.15, 0.2) is 5.76 Å². The number of nitrogens with zero attached hydrogens (tertiary/aromatic N) is 3. The van der Waals surface area contributed by atoms with Crippen molar-refractivity contribution in [2.24, 2.45) is 0 Å². The quantitative estimate of drug-likeness (QED) is 0.633. The van der Waals surface area contributed by atoms with Crippen LogP contribution in [0.15, 0.2) is 66.6 Å². The number of phenols is 1. The number of allylic oxidation sites excluding steroid dienone is 1. The van der Waals surface area contributed by atoms with Crippen molar-refractivity contribution in [2.75, 3.05) is 31.1 Å². The van der Waals surface area contributed by atoms with E-state index in [4.69, 9.17) is 4.74 Å². The topological polar surface area (TPSA) is 65.9 Å². The van der Waals surface area contributed by atoms with E-state index in [0.717, 1.165) is 32.0 Å². The molecule has 32 heavy (non-hydrogen) atoms. The number of phenolic OH excluding ortho intramolecular Hbond substituents is 1. The van der Waals surface area contributed by atoms with Crippen LogP contribution >= 0.6 is 0 Å². The zero-order valence-electron chi connectivity index (χ0n) is 17.4. The fourth-order valence-corrected chi connectivity index (χ4v) is 4.10. The summed E-state index contributed by atoms with van der Waals surface area (Å²) >= 11 is 0. The van der Waals surface area contributed by atoms with Gasteiger partial charge in [-0.15, -0.1) is 0 Å². The first-order valence-electron chi connectivity index (χ1n) is 10.5. The lowest BCUT2D eigenvalue weighted by molar-refractivity contribution is 0.101. The van der Waals surface area contributed by atoms with Crippen LogP contribution in [0.4, 0.5) is 10.2 Å². The third-order valence-corrected chi connectivity index (χ3v) is 5.79. The highest BCUT2D eigenvalue weighted by Gasteiger charge is 2.32. The molecule has 0 saturated carbocycles. The fraction of sp³-hybridized carbons (Fsp3) is 0.200. The summed E-state index contributed by atoms with van der Waals surface area (Å²) in [6, 6.07) is 14.9. The van der Waals surface area contributed by atoms with Crippen LogP contribution in [0.3, 0.4) is 0 Å². The molecule has 162 valence electrons. The second-order valence-corrected chi connectivity index (χ2v) is 7.89. The molecule has 2 aliphatic rings. The van der Waals surface area contributed by atoms with Crippen molar-refractivity contribution in [2.45, 2.75) is 6.54 Å². The van der Waals surface area contributed by atoms with E-state index in [0.29, 0.717) is 29.0 Å².